The van der Waals surface area contributed by atoms with Crippen molar-refractivity contribution in [3.63, 3.8) is 0 Å². The number of carbonyl (C=O) groups is 1. The number of anilines is 1. The maximum absolute atomic E-state index is 11.0. The highest BCUT2D eigenvalue weighted by Crippen LogP contribution is 2.21. The van der Waals surface area contributed by atoms with E-state index in [4.69, 9.17) is 11.5 Å². The van der Waals surface area contributed by atoms with Crippen LogP contribution in [-0.2, 0) is 7.05 Å². The van der Waals surface area contributed by atoms with E-state index in [0.717, 1.165) is 0 Å². The molecule has 0 bridgehead atoms. The number of nitrogens with zero attached hydrogens (tertiary/aromatic N) is 3. The number of hydrogen-bond donors (Lipinski definition) is 1. The van der Waals surface area contributed by atoms with Crippen LogP contribution in [0.5, 0.6) is 0 Å². The Morgan fingerprint density at radius 1 is 1.73 bits per heavy atom. The second-order valence-electron chi connectivity index (χ2n) is 3.27. The zero-order valence-electron chi connectivity index (χ0n) is 8.98. The molecule has 0 saturated carbocycles. The summed E-state index contributed by atoms with van der Waals surface area (Å²) >= 11 is 0. The third kappa shape index (κ3) is 1.94. The maximum atomic E-state index is 11.0. The van der Waals surface area contributed by atoms with Crippen LogP contribution in [0.1, 0.15) is 16.1 Å². The summed E-state index contributed by atoms with van der Waals surface area (Å²) < 4.78 is 1.52. The molecule has 80 valence electrons. The van der Waals surface area contributed by atoms with Gasteiger partial charge in [-0.15, -0.1) is 6.42 Å². The van der Waals surface area contributed by atoms with Gasteiger partial charge in [0.1, 0.15) is 11.4 Å². The molecular weight excluding hydrogens is 194 g/mol. The minimum atomic E-state index is -0.987. The van der Waals surface area contributed by atoms with Crippen molar-refractivity contribution in [1.82, 2.24) is 9.78 Å². The molecular formula is C10H13N3O2. The standard InChI is InChI=1S/C10H13N3O2/c1-5-6-12(3)9-8(10(14)15)7(2)11-13(9)4/h1H,6H2,2-4H3,(H,14,15). The maximum Gasteiger partial charge on any atom is 0.341 e. The summed E-state index contributed by atoms with van der Waals surface area (Å²) in [5.41, 5.74) is 0.694. The van der Waals surface area contributed by atoms with Gasteiger partial charge in [-0.05, 0) is 6.92 Å². The van der Waals surface area contributed by atoms with Crippen molar-refractivity contribution in [3.05, 3.63) is 11.3 Å². The van der Waals surface area contributed by atoms with Crippen LogP contribution in [0.15, 0.2) is 0 Å². The summed E-state index contributed by atoms with van der Waals surface area (Å²) in [7, 11) is 3.44. The summed E-state index contributed by atoms with van der Waals surface area (Å²) in [6.07, 6.45) is 5.18. The molecule has 1 heterocycles. The fraction of sp³-hybridized carbons (Fsp3) is 0.400. The molecule has 15 heavy (non-hydrogen) atoms. The number of aryl methyl sites for hydroxylation is 2. The van der Waals surface area contributed by atoms with Crippen molar-refractivity contribution < 1.29 is 9.90 Å². The summed E-state index contributed by atoms with van der Waals surface area (Å²) in [5.74, 6) is 2.00. The number of rotatable bonds is 3. The minimum absolute atomic E-state index is 0.204. The molecule has 5 heteroatoms. The average molecular weight is 207 g/mol. The van der Waals surface area contributed by atoms with Crippen LogP contribution in [-0.4, -0.2) is 34.4 Å². The Hall–Kier alpha value is -1.96. The van der Waals surface area contributed by atoms with Crippen molar-refractivity contribution in [2.45, 2.75) is 6.92 Å². The first-order valence-electron chi connectivity index (χ1n) is 4.40. The Balaban J connectivity index is 3.27. The average Bonchev–Trinajstić information content (AvgIpc) is 2.41. The predicted octanol–water partition coefficient (Wildman–Crippen LogP) is 0.496. The molecule has 5 nitrogen and oxygen atoms in total. The van der Waals surface area contributed by atoms with E-state index in [0.29, 0.717) is 18.1 Å². The molecule has 0 aliphatic carbocycles. The first-order valence-corrected chi connectivity index (χ1v) is 4.40. The van der Waals surface area contributed by atoms with Gasteiger partial charge in [0.05, 0.1) is 12.2 Å². The second-order valence-corrected chi connectivity index (χ2v) is 3.27. The Morgan fingerprint density at radius 2 is 2.33 bits per heavy atom. The van der Waals surface area contributed by atoms with Crippen LogP contribution in [0.2, 0.25) is 0 Å². The first kappa shape index (κ1) is 11.1. The van der Waals surface area contributed by atoms with Gasteiger partial charge in [0.25, 0.3) is 0 Å². The molecule has 1 aromatic heterocycles. The van der Waals surface area contributed by atoms with Crippen LogP contribution in [0.4, 0.5) is 5.82 Å². The topological polar surface area (TPSA) is 58.4 Å². The lowest BCUT2D eigenvalue weighted by Crippen LogP contribution is -2.22. The molecule has 1 N–H and O–H groups in total. The van der Waals surface area contributed by atoms with Gasteiger partial charge in [0, 0.05) is 14.1 Å². The minimum Gasteiger partial charge on any atom is -0.477 e. The highest BCUT2D eigenvalue weighted by Gasteiger charge is 2.21. The van der Waals surface area contributed by atoms with E-state index in [-0.39, 0.29) is 5.56 Å². The van der Waals surface area contributed by atoms with E-state index < -0.39 is 5.97 Å². The van der Waals surface area contributed by atoms with Gasteiger partial charge in [0.2, 0.25) is 0 Å². The van der Waals surface area contributed by atoms with E-state index in [2.05, 4.69) is 11.0 Å². The Labute approximate surface area is 88.3 Å². The van der Waals surface area contributed by atoms with Gasteiger partial charge in [-0.3, -0.25) is 4.68 Å². The molecule has 1 rings (SSSR count). The van der Waals surface area contributed by atoms with E-state index >= 15 is 0 Å². The number of aromatic carboxylic acids is 1. The van der Waals surface area contributed by atoms with Crippen LogP contribution >= 0.6 is 0 Å². The summed E-state index contributed by atoms with van der Waals surface area (Å²) in [6.45, 7) is 2.01. The van der Waals surface area contributed by atoms with Crippen molar-refractivity contribution in [1.29, 1.82) is 0 Å². The number of carboxylic acid groups (broad SMARTS) is 1. The van der Waals surface area contributed by atoms with Crippen molar-refractivity contribution in [2.75, 3.05) is 18.5 Å². The molecule has 0 aliphatic rings. The fourth-order valence-corrected chi connectivity index (χ4v) is 1.55. The van der Waals surface area contributed by atoms with Gasteiger partial charge in [0.15, 0.2) is 0 Å². The lowest BCUT2D eigenvalue weighted by atomic mass is 10.2. The van der Waals surface area contributed by atoms with E-state index in [1.165, 1.54) is 4.68 Å². The third-order valence-corrected chi connectivity index (χ3v) is 2.10. The molecule has 0 amide bonds. The first-order chi connectivity index (χ1) is 6.99. The molecule has 0 atom stereocenters. The molecule has 0 unspecified atom stereocenters. The molecule has 0 fully saturated rings. The Bertz CT molecular complexity index is 429. The third-order valence-electron chi connectivity index (χ3n) is 2.10. The van der Waals surface area contributed by atoms with E-state index in [9.17, 15) is 4.79 Å². The monoisotopic (exact) mass is 207 g/mol. The molecule has 0 saturated heterocycles. The molecule has 0 aliphatic heterocycles. The van der Waals surface area contributed by atoms with Gasteiger partial charge in [-0.2, -0.15) is 5.10 Å². The lowest BCUT2D eigenvalue weighted by molar-refractivity contribution is 0.0697. The van der Waals surface area contributed by atoms with Gasteiger partial charge >= 0.3 is 5.97 Å². The summed E-state index contributed by atoms with van der Waals surface area (Å²) in [6, 6.07) is 0. The Kier molecular flexibility index (Phi) is 3.00. The quantitative estimate of drug-likeness (QED) is 0.733. The van der Waals surface area contributed by atoms with Crippen molar-refractivity contribution in [2.24, 2.45) is 7.05 Å². The zero-order valence-corrected chi connectivity index (χ0v) is 8.98. The summed E-state index contributed by atoms with van der Waals surface area (Å²) in [5, 5.41) is 13.1. The number of terminal acetylenes is 1. The SMILES string of the molecule is C#CCN(C)c1c(C(=O)O)c(C)nn1C. The van der Waals surface area contributed by atoms with Crippen molar-refractivity contribution in [3.8, 4) is 12.3 Å². The largest absolute Gasteiger partial charge is 0.477 e. The highest BCUT2D eigenvalue weighted by atomic mass is 16.4. The fourth-order valence-electron chi connectivity index (χ4n) is 1.55. The van der Waals surface area contributed by atoms with Crippen LogP contribution in [0.3, 0.4) is 0 Å². The normalized spacial score (nSPS) is 9.73. The summed E-state index contributed by atoms with van der Waals surface area (Å²) in [4.78, 5) is 12.7. The van der Waals surface area contributed by atoms with E-state index in [1.54, 1.807) is 25.9 Å². The Morgan fingerprint density at radius 3 is 2.80 bits per heavy atom. The zero-order chi connectivity index (χ0) is 11.6. The molecule has 0 radical (unpaired) electrons. The molecule has 1 aromatic rings. The van der Waals surface area contributed by atoms with Crippen molar-refractivity contribution >= 4 is 11.8 Å². The van der Waals surface area contributed by atoms with Crippen LogP contribution in [0, 0.1) is 19.3 Å². The van der Waals surface area contributed by atoms with Crippen LogP contribution < -0.4 is 4.90 Å². The van der Waals surface area contributed by atoms with E-state index in [1.807, 2.05) is 0 Å². The number of hydrogen-bond acceptors (Lipinski definition) is 3. The van der Waals surface area contributed by atoms with Gasteiger partial charge < -0.3 is 10.0 Å². The lowest BCUT2D eigenvalue weighted by Gasteiger charge is -2.16. The van der Waals surface area contributed by atoms with Gasteiger partial charge in [-0.1, -0.05) is 5.92 Å². The predicted molar refractivity (Wildman–Crippen MR) is 57.0 cm³/mol. The number of aromatic nitrogens is 2. The highest BCUT2D eigenvalue weighted by molar-refractivity contribution is 5.94. The number of carboxylic acids is 1. The molecule has 0 aromatic carbocycles. The van der Waals surface area contributed by atoms with Gasteiger partial charge in [-0.25, -0.2) is 4.79 Å². The second kappa shape index (κ2) is 4.05. The van der Waals surface area contributed by atoms with Crippen LogP contribution in [0.25, 0.3) is 0 Å². The molecule has 0 spiro atoms. The smallest absolute Gasteiger partial charge is 0.341 e.